The number of hydrogen-bond acceptors (Lipinski definition) is 4. The predicted octanol–water partition coefficient (Wildman–Crippen LogP) is -0.109. The highest BCUT2D eigenvalue weighted by Gasteiger charge is 2.28. The Labute approximate surface area is 125 Å². The second-order valence-electron chi connectivity index (χ2n) is 4.93. The number of morpholine rings is 1. The van der Waals surface area contributed by atoms with Gasteiger partial charge < -0.3 is 15.4 Å². The molecular weight excluding hydrogens is 292 g/mol. The number of benzene rings is 1. The van der Waals surface area contributed by atoms with Crippen molar-refractivity contribution in [2.24, 2.45) is 5.73 Å². The molecule has 0 radical (unpaired) electrons. The third-order valence-electron chi connectivity index (χ3n) is 3.21. The van der Waals surface area contributed by atoms with Crippen molar-refractivity contribution in [2.45, 2.75) is 11.9 Å². The molecule has 1 aliphatic rings. The van der Waals surface area contributed by atoms with Gasteiger partial charge in [0.05, 0.1) is 13.2 Å². The molecule has 114 valence electrons. The first-order valence-electron chi connectivity index (χ1n) is 6.56. The first kappa shape index (κ1) is 15.7. The van der Waals surface area contributed by atoms with Crippen LogP contribution in [-0.2, 0) is 26.1 Å². The van der Waals surface area contributed by atoms with Gasteiger partial charge in [-0.25, -0.2) is 0 Å². The number of nitrogens with two attached hydrogens (primary N) is 1. The number of carbonyl (C=O) groups excluding carboxylic acids is 2. The highest BCUT2D eigenvalue weighted by Crippen LogP contribution is 2.13. The molecule has 1 fully saturated rings. The molecule has 1 heterocycles. The van der Waals surface area contributed by atoms with Gasteiger partial charge in [-0.05, 0) is 17.7 Å². The molecule has 0 aliphatic carbocycles. The maximum absolute atomic E-state index is 12.4. The van der Waals surface area contributed by atoms with E-state index >= 15 is 0 Å². The zero-order valence-electron chi connectivity index (χ0n) is 11.8. The molecular formula is C14H18N2O4S. The van der Waals surface area contributed by atoms with Gasteiger partial charge in [0.15, 0.2) is 6.10 Å². The van der Waals surface area contributed by atoms with Crippen LogP contribution in [0.15, 0.2) is 24.3 Å². The lowest BCUT2D eigenvalue weighted by Gasteiger charge is -2.31. The Morgan fingerprint density at radius 3 is 2.90 bits per heavy atom. The van der Waals surface area contributed by atoms with Crippen molar-refractivity contribution >= 4 is 22.6 Å². The Kier molecular flexibility index (Phi) is 5.08. The molecule has 2 amide bonds. The molecule has 2 rings (SSSR count). The number of primary amides is 1. The summed E-state index contributed by atoms with van der Waals surface area (Å²) in [7, 11) is -0.961. The van der Waals surface area contributed by atoms with Crippen LogP contribution in [0.1, 0.15) is 15.9 Å². The second-order valence-corrected chi connectivity index (χ2v) is 6.37. The first-order valence-corrected chi connectivity index (χ1v) is 8.29. The average molecular weight is 310 g/mol. The average Bonchev–Trinajstić information content (AvgIpc) is 2.46. The zero-order valence-corrected chi connectivity index (χ0v) is 12.6. The molecule has 21 heavy (non-hydrogen) atoms. The van der Waals surface area contributed by atoms with Gasteiger partial charge in [-0.2, -0.15) is 0 Å². The SMILES string of the molecule is C[S@](=O)Cc1cccc(C(=O)N2CCO[C@H](C(N)=O)C2)c1. The number of nitrogens with zero attached hydrogens (tertiary/aromatic N) is 1. The predicted molar refractivity (Wildman–Crippen MR) is 79.1 cm³/mol. The van der Waals surface area contributed by atoms with E-state index in [2.05, 4.69) is 0 Å². The lowest BCUT2D eigenvalue weighted by Crippen LogP contribution is -2.50. The Morgan fingerprint density at radius 2 is 2.24 bits per heavy atom. The van der Waals surface area contributed by atoms with E-state index in [9.17, 15) is 13.8 Å². The van der Waals surface area contributed by atoms with Crippen LogP contribution in [0.5, 0.6) is 0 Å². The summed E-state index contributed by atoms with van der Waals surface area (Å²) in [4.78, 5) is 25.2. The van der Waals surface area contributed by atoms with Crippen LogP contribution in [-0.4, -0.2) is 53.0 Å². The maximum atomic E-state index is 12.4. The fourth-order valence-corrected chi connectivity index (χ4v) is 2.87. The van der Waals surface area contributed by atoms with E-state index in [1.807, 2.05) is 6.07 Å². The fourth-order valence-electron chi connectivity index (χ4n) is 2.22. The summed E-state index contributed by atoms with van der Waals surface area (Å²) in [5, 5.41) is 0. The molecule has 1 aromatic carbocycles. The van der Waals surface area contributed by atoms with E-state index in [-0.39, 0.29) is 19.1 Å². The quantitative estimate of drug-likeness (QED) is 0.840. The molecule has 0 bridgehead atoms. The standard InChI is InChI=1S/C14H18N2O4S/c1-21(19)9-10-3-2-4-11(7-10)14(18)16-5-6-20-12(8-16)13(15)17/h2-4,7,12H,5-6,8-9H2,1H3,(H2,15,17)/t12-,21-/m0/s1. The van der Waals surface area contributed by atoms with Gasteiger partial charge in [0.25, 0.3) is 5.91 Å². The van der Waals surface area contributed by atoms with Crippen LogP contribution in [0.2, 0.25) is 0 Å². The smallest absolute Gasteiger partial charge is 0.254 e. The van der Waals surface area contributed by atoms with Crippen molar-refractivity contribution in [1.29, 1.82) is 0 Å². The van der Waals surface area contributed by atoms with Crippen molar-refractivity contribution in [3.8, 4) is 0 Å². The van der Waals surface area contributed by atoms with Crippen LogP contribution in [0.4, 0.5) is 0 Å². The molecule has 0 saturated carbocycles. The van der Waals surface area contributed by atoms with E-state index in [0.29, 0.717) is 17.9 Å². The minimum Gasteiger partial charge on any atom is -0.367 e. The van der Waals surface area contributed by atoms with Crippen LogP contribution in [0.3, 0.4) is 0 Å². The third-order valence-corrected chi connectivity index (χ3v) is 3.95. The number of ether oxygens (including phenoxy) is 1. The normalized spacial score (nSPS) is 20.0. The Morgan fingerprint density at radius 1 is 1.48 bits per heavy atom. The van der Waals surface area contributed by atoms with Gasteiger partial charge in [-0.1, -0.05) is 12.1 Å². The van der Waals surface area contributed by atoms with E-state index in [1.54, 1.807) is 29.4 Å². The summed E-state index contributed by atoms with van der Waals surface area (Å²) < 4.78 is 16.5. The van der Waals surface area contributed by atoms with Crippen LogP contribution in [0.25, 0.3) is 0 Å². The van der Waals surface area contributed by atoms with Gasteiger partial charge >= 0.3 is 0 Å². The van der Waals surface area contributed by atoms with Crippen molar-refractivity contribution < 1.29 is 18.5 Å². The summed E-state index contributed by atoms with van der Waals surface area (Å²) in [5.41, 5.74) is 6.58. The zero-order chi connectivity index (χ0) is 15.4. The molecule has 1 saturated heterocycles. The van der Waals surface area contributed by atoms with E-state index < -0.39 is 22.8 Å². The second kappa shape index (κ2) is 6.82. The van der Waals surface area contributed by atoms with Crippen LogP contribution in [0, 0.1) is 0 Å². The van der Waals surface area contributed by atoms with Gasteiger partial charge in [0.2, 0.25) is 5.91 Å². The largest absolute Gasteiger partial charge is 0.367 e. The van der Waals surface area contributed by atoms with E-state index in [1.165, 1.54) is 0 Å². The van der Waals surface area contributed by atoms with E-state index in [0.717, 1.165) is 5.56 Å². The molecule has 2 atom stereocenters. The van der Waals surface area contributed by atoms with Gasteiger partial charge in [-0.15, -0.1) is 0 Å². The molecule has 7 heteroatoms. The van der Waals surface area contributed by atoms with Crippen LogP contribution >= 0.6 is 0 Å². The van der Waals surface area contributed by atoms with E-state index in [4.69, 9.17) is 10.5 Å². The summed E-state index contributed by atoms with van der Waals surface area (Å²) in [5.74, 6) is -0.329. The molecule has 1 aromatic rings. The highest BCUT2D eigenvalue weighted by atomic mass is 32.2. The molecule has 0 unspecified atom stereocenters. The third kappa shape index (κ3) is 4.12. The number of hydrogen-bond donors (Lipinski definition) is 1. The summed E-state index contributed by atoms with van der Waals surface area (Å²) >= 11 is 0. The molecule has 2 N–H and O–H groups in total. The molecule has 0 spiro atoms. The summed E-state index contributed by atoms with van der Waals surface area (Å²) in [6.45, 7) is 0.878. The maximum Gasteiger partial charge on any atom is 0.254 e. The molecule has 6 nitrogen and oxygen atoms in total. The lowest BCUT2D eigenvalue weighted by molar-refractivity contribution is -0.133. The monoisotopic (exact) mass is 310 g/mol. The van der Waals surface area contributed by atoms with Gasteiger partial charge in [-0.3, -0.25) is 13.8 Å². The number of carbonyl (C=O) groups is 2. The van der Waals surface area contributed by atoms with Gasteiger partial charge in [0.1, 0.15) is 0 Å². The number of rotatable bonds is 4. The van der Waals surface area contributed by atoms with Crippen molar-refractivity contribution in [2.75, 3.05) is 26.0 Å². The topological polar surface area (TPSA) is 89.7 Å². The fraction of sp³-hybridized carbons (Fsp3) is 0.429. The minimum absolute atomic E-state index is 0.165. The van der Waals surface area contributed by atoms with Crippen molar-refractivity contribution in [1.82, 2.24) is 4.90 Å². The number of amides is 2. The van der Waals surface area contributed by atoms with Gasteiger partial charge in [0, 0.05) is 34.9 Å². The lowest BCUT2D eigenvalue weighted by atomic mass is 10.1. The van der Waals surface area contributed by atoms with Crippen molar-refractivity contribution in [3.05, 3.63) is 35.4 Å². The molecule has 0 aromatic heterocycles. The summed E-state index contributed by atoms with van der Waals surface area (Å²) in [6.07, 6.45) is 0.863. The Balaban J connectivity index is 2.12. The minimum atomic E-state index is -0.961. The highest BCUT2D eigenvalue weighted by molar-refractivity contribution is 7.83. The van der Waals surface area contributed by atoms with Crippen LogP contribution < -0.4 is 5.73 Å². The summed E-state index contributed by atoms with van der Waals surface area (Å²) in [6, 6.07) is 7.04. The Bertz CT molecular complexity index is 576. The molecule has 1 aliphatic heterocycles. The first-order chi connectivity index (χ1) is 9.97. The van der Waals surface area contributed by atoms with Crippen molar-refractivity contribution in [3.63, 3.8) is 0 Å². The Hall–Kier alpha value is -1.73.